The van der Waals surface area contributed by atoms with Crippen molar-refractivity contribution in [1.29, 1.82) is 0 Å². The van der Waals surface area contributed by atoms with Gasteiger partial charge < -0.3 is 10.5 Å². The van der Waals surface area contributed by atoms with Gasteiger partial charge in [-0.05, 0) is 40.3 Å². The SMILES string of the molecule is Nc1nnnn1/N=C/c1ccccc1OCc1ccc(Cl)c(Cl)c1. The lowest BCUT2D eigenvalue weighted by Gasteiger charge is -2.09. The van der Waals surface area contributed by atoms with Crippen LogP contribution in [0.2, 0.25) is 10.0 Å². The second-order valence-electron chi connectivity index (χ2n) is 4.75. The molecule has 0 aliphatic carbocycles. The monoisotopic (exact) mass is 362 g/mol. The molecule has 2 aromatic carbocycles. The van der Waals surface area contributed by atoms with Crippen LogP contribution in [0.1, 0.15) is 11.1 Å². The summed E-state index contributed by atoms with van der Waals surface area (Å²) >= 11 is 11.9. The van der Waals surface area contributed by atoms with Gasteiger partial charge in [-0.2, -0.15) is 5.10 Å². The molecule has 0 aliphatic heterocycles. The molecule has 0 spiro atoms. The molecule has 0 saturated heterocycles. The third kappa shape index (κ3) is 3.81. The topological polar surface area (TPSA) is 91.2 Å². The molecule has 1 heterocycles. The summed E-state index contributed by atoms with van der Waals surface area (Å²) in [6, 6.07) is 12.8. The van der Waals surface area contributed by atoms with Crippen LogP contribution < -0.4 is 10.5 Å². The summed E-state index contributed by atoms with van der Waals surface area (Å²) in [5.41, 5.74) is 7.22. The largest absolute Gasteiger partial charge is 0.488 e. The van der Waals surface area contributed by atoms with E-state index in [9.17, 15) is 0 Å². The Morgan fingerprint density at radius 2 is 2.00 bits per heavy atom. The number of nitrogens with two attached hydrogens (primary N) is 1. The number of aromatic nitrogens is 4. The molecule has 1 aromatic heterocycles. The van der Waals surface area contributed by atoms with E-state index in [0.717, 1.165) is 15.9 Å². The first-order valence-electron chi connectivity index (χ1n) is 6.87. The van der Waals surface area contributed by atoms with Crippen molar-refractivity contribution in [2.75, 3.05) is 5.73 Å². The summed E-state index contributed by atoms with van der Waals surface area (Å²) in [6.45, 7) is 0.342. The Kier molecular flexibility index (Phi) is 4.93. The molecule has 0 atom stereocenters. The van der Waals surface area contributed by atoms with E-state index in [1.54, 1.807) is 18.3 Å². The van der Waals surface area contributed by atoms with E-state index in [-0.39, 0.29) is 5.95 Å². The molecule has 0 fully saturated rings. The number of rotatable bonds is 5. The summed E-state index contributed by atoms with van der Waals surface area (Å²) in [5, 5.41) is 15.7. The predicted octanol–water partition coefficient (Wildman–Crippen LogP) is 3.02. The van der Waals surface area contributed by atoms with Gasteiger partial charge in [-0.25, -0.2) is 0 Å². The zero-order chi connectivity index (χ0) is 16.9. The van der Waals surface area contributed by atoms with E-state index in [1.807, 2.05) is 30.3 Å². The highest BCUT2D eigenvalue weighted by molar-refractivity contribution is 6.42. The standard InChI is InChI=1S/C15H12Cl2N6O/c16-12-6-5-10(7-13(12)17)9-24-14-4-2-1-3-11(14)8-19-23-15(18)20-21-22-23/h1-8H,9H2,(H2,18,20,22)/b19-8+. The van der Waals surface area contributed by atoms with E-state index in [1.165, 1.54) is 0 Å². The quantitative estimate of drug-likeness (QED) is 0.704. The van der Waals surface area contributed by atoms with Crippen molar-refractivity contribution in [1.82, 2.24) is 20.3 Å². The maximum atomic E-state index is 6.01. The summed E-state index contributed by atoms with van der Waals surface area (Å²) in [7, 11) is 0. The fourth-order valence-electron chi connectivity index (χ4n) is 1.90. The lowest BCUT2D eigenvalue weighted by Crippen LogP contribution is -2.01. The zero-order valence-electron chi connectivity index (χ0n) is 12.3. The number of benzene rings is 2. The smallest absolute Gasteiger partial charge is 0.263 e. The molecular formula is C15H12Cl2N6O. The second kappa shape index (κ2) is 7.29. The highest BCUT2D eigenvalue weighted by Crippen LogP contribution is 2.24. The van der Waals surface area contributed by atoms with Gasteiger partial charge in [0.15, 0.2) is 0 Å². The number of anilines is 1. The molecule has 0 bridgehead atoms. The van der Waals surface area contributed by atoms with Crippen molar-refractivity contribution in [3.8, 4) is 5.75 Å². The minimum Gasteiger partial charge on any atom is -0.488 e. The Bertz CT molecular complexity index is 880. The van der Waals surface area contributed by atoms with Crippen LogP contribution in [0.3, 0.4) is 0 Å². The number of hydrogen-bond donors (Lipinski definition) is 1. The maximum Gasteiger partial charge on any atom is 0.263 e. The number of halogens is 2. The van der Waals surface area contributed by atoms with Crippen LogP contribution in [-0.4, -0.2) is 26.5 Å². The molecule has 0 unspecified atom stereocenters. The number of ether oxygens (including phenoxy) is 1. The normalized spacial score (nSPS) is 11.1. The molecule has 7 nitrogen and oxygen atoms in total. The minimum absolute atomic E-state index is 0.0976. The van der Waals surface area contributed by atoms with E-state index >= 15 is 0 Å². The highest BCUT2D eigenvalue weighted by Gasteiger charge is 2.04. The Morgan fingerprint density at radius 3 is 2.75 bits per heavy atom. The van der Waals surface area contributed by atoms with E-state index in [4.69, 9.17) is 33.7 Å². The van der Waals surface area contributed by atoms with Crippen LogP contribution in [0, 0.1) is 0 Å². The lowest BCUT2D eigenvalue weighted by atomic mass is 10.2. The molecule has 2 N–H and O–H groups in total. The fraction of sp³-hybridized carbons (Fsp3) is 0.0667. The summed E-state index contributed by atoms with van der Waals surface area (Å²) < 4.78 is 5.83. The molecule has 0 saturated carbocycles. The Labute approximate surface area is 147 Å². The lowest BCUT2D eigenvalue weighted by molar-refractivity contribution is 0.306. The van der Waals surface area contributed by atoms with Crippen LogP contribution in [0.5, 0.6) is 5.75 Å². The summed E-state index contributed by atoms with van der Waals surface area (Å²) in [4.78, 5) is 1.12. The van der Waals surface area contributed by atoms with Gasteiger partial charge in [0.1, 0.15) is 12.4 Å². The van der Waals surface area contributed by atoms with Crippen molar-refractivity contribution in [3.63, 3.8) is 0 Å². The van der Waals surface area contributed by atoms with Gasteiger partial charge in [0.05, 0.1) is 16.3 Å². The highest BCUT2D eigenvalue weighted by atomic mass is 35.5. The number of tetrazole rings is 1. The van der Waals surface area contributed by atoms with Gasteiger partial charge in [-0.1, -0.05) is 51.3 Å². The summed E-state index contributed by atoms with van der Waals surface area (Å²) in [6.07, 6.45) is 1.57. The number of nitrogens with zero attached hydrogens (tertiary/aromatic N) is 5. The average Bonchev–Trinajstić information content (AvgIpc) is 3.00. The van der Waals surface area contributed by atoms with Crippen LogP contribution in [0.25, 0.3) is 0 Å². The van der Waals surface area contributed by atoms with Gasteiger partial charge in [0.25, 0.3) is 5.95 Å². The maximum absolute atomic E-state index is 6.01. The third-order valence-electron chi connectivity index (χ3n) is 3.08. The first-order chi connectivity index (χ1) is 11.6. The van der Waals surface area contributed by atoms with Crippen LogP contribution >= 0.6 is 23.2 Å². The van der Waals surface area contributed by atoms with Crippen LogP contribution in [-0.2, 0) is 6.61 Å². The second-order valence-corrected chi connectivity index (χ2v) is 5.56. The first kappa shape index (κ1) is 16.2. The van der Waals surface area contributed by atoms with Crippen molar-refractivity contribution in [2.45, 2.75) is 6.61 Å². The Balaban J connectivity index is 1.75. The van der Waals surface area contributed by atoms with Crippen molar-refractivity contribution in [3.05, 3.63) is 63.6 Å². The molecule has 24 heavy (non-hydrogen) atoms. The Morgan fingerprint density at radius 1 is 1.17 bits per heavy atom. The van der Waals surface area contributed by atoms with Gasteiger partial charge >= 0.3 is 0 Å². The minimum atomic E-state index is 0.0976. The average molecular weight is 363 g/mol. The van der Waals surface area contributed by atoms with E-state index < -0.39 is 0 Å². The molecule has 122 valence electrons. The number of nitrogen functional groups attached to an aromatic ring is 1. The molecular weight excluding hydrogens is 351 g/mol. The van der Waals surface area contributed by atoms with E-state index in [2.05, 4.69) is 20.6 Å². The van der Waals surface area contributed by atoms with Gasteiger partial charge in [-0.3, -0.25) is 0 Å². The molecule has 0 aliphatic rings. The number of para-hydroxylation sites is 1. The fourth-order valence-corrected chi connectivity index (χ4v) is 2.22. The molecule has 3 aromatic rings. The summed E-state index contributed by atoms with van der Waals surface area (Å²) in [5.74, 6) is 0.749. The van der Waals surface area contributed by atoms with Crippen LogP contribution in [0.4, 0.5) is 5.95 Å². The molecule has 0 radical (unpaired) electrons. The number of hydrogen-bond acceptors (Lipinski definition) is 6. The van der Waals surface area contributed by atoms with Gasteiger partial charge in [0, 0.05) is 5.56 Å². The molecule has 0 amide bonds. The van der Waals surface area contributed by atoms with Gasteiger partial charge in [-0.15, -0.1) is 0 Å². The molecule has 3 rings (SSSR count). The van der Waals surface area contributed by atoms with Gasteiger partial charge in [0.2, 0.25) is 0 Å². The van der Waals surface area contributed by atoms with E-state index in [0.29, 0.717) is 22.4 Å². The Hall–Kier alpha value is -2.64. The van der Waals surface area contributed by atoms with Crippen molar-refractivity contribution < 1.29 is 4.74 Å². The van der Waals surface area contributed by atoms with Crippen molar-refractivity contribution >= 4 is 35.4 Å². The zero-order valence-corrected chi connectivity index (χ0v) is 13.8. The third-order valence-corrected chi connectivity index (χ3v) is 3.82. The van der Waals surface area contributed by atoms with Crippen molar-refractivity contribution in [2.24, 2.45) is 5.10 Å². The van der Waals surface area contributed by atoms with Crippen LogP contribution in [0.15, 0.2) is 47.6 Å². The predicted molar refractivity (Wildman–Crippen MR) is 92.5 cm³/mol. The molecule has 9 heteroatoms. The first-order valence-corrected chi connectivity index (χ1v) is 7.63.